The normalized spacial score (nSPS) is 11.3. The number of aromatic nitrogens is 1. The monoisotopic (exact) mass is 480 g/mol. The molecule has 0 N–H and O–H groups in total. The van der Waals surface area contributed by atoms with Gasteiger partial charge < -0.3 is 14.4 Å². The van der Waals surface area contributed by atoms with Gasteiger partial charge in [0.05, 0.1) is 19.8 Å². The van der Waals surface area contributed by atoms with Crippen molar-refractivity contribution >= 4 is 21.7 Å². The summed E-state index contributed by atoms with van der Waals surface area (Å²) < 4.78 is 50.5. The average Bonchev–Trinajstić information content (AvgIpc) is 2.74. The molecule has 0 saturated heterocycles. The molecule has 0 saturated carbocycles. The highest BCUT2D eigenvalue weighted by atomic mass is 79.9. The first-order valence-electron chi connectivity index (χ1n) is 9.03. The van der Waals surface area contributed by atoms with Crippen molar-refractivity contribution < 1.29 is 22.6 Å². The smallest absolute Gasteiger partial charge is 0.417 e. The number of nitrogens with zero attached hydrogens (tertiary/aromatic N) is 2. The standard InChI is InChI=1S/C22H20BrF3N2O2/c1-29-17-7-3-15(4-8-17)13-28(14-16-5-9-18(30-2)10-6-16)21-11-19(22(24,25)26)20(23)12-27-21/h3-12H,13-14H2,1-2H3. The van der Waals surface area contributed by atoms with Crippen LogP contribution in [0.5, 0.6) is 11.5 Å². The van der Waals surface area contributed by atoms with Crippen LogP contribution in [0.4, 0.5) is 19.0 Å². The molecule has 158 valence electrons. The molecule has 1 aromatic heterocycles. The minimum absolute atomic E-state index is 0.0902. The van der Waals surface area contributed by atoms with Crippen molar-refractivity contribution in [1.82, 2.24) is 4.98 Å². The Morgan fingerprint density at radius 3 is 1.73 bits per heavy atom. The van der Waals surface area contributed by atoms with E-state index < -0.39 is 11.7 Å². The summed E-state index contributed by atoms with van der Waals surface area (Å²) in [6, 6.07) is 15.8. The molecule has 0 aliphatic carbocycles. The third kappa shape index (κ3) is 5.44. The minimum atomic E-state index is -4.48. The van der Waals surface area contributed by atoms with Gasteiger partial charge in [0.15, 0.2) is 0 Å². The van der Waals surface area contributed by atoms with E-state index in [-0.39, 0.29) is 10.3 Å². The first kappa shape index (κ1) is 22.0. The summed E-state index contributed by atoms with van der Waals surface area (Å²) in [4.78, 5) is 6.04. The molecule has 4 nitrogen and oxygen atoms in total. The third-order valence-electron chi connectivity index (χ3n) is 4.54. The van der Waals surface area contributed by atoms with Gasteiger partial charge in [-0.2, -0.15) is 13.2 Å². The Morgan fingerprint density at radius 2 is 1.33 bits per heavy atom. The van der Waals surface area contributed by atoms with E-state index in [4.69, 9.17) is 9.47 Å². The van der Waals surface area contributed by atoms with Crippen molar-refractivity contribution in [3.63, 3.8) is 0 Å². The van der Waals surface area contributed by atoms with Crippen LogP contribution >= 0.6 is 15.9 Å². The van der Waals surface area contributed by atoms with Crippen LogP contribution in [0.25, 0.3) is 0 Å². The van der Waals surface area contributed by atoms with Crippen molar-refractivity contribution in [2.24, 2.45) is 0 Å². The van der Waals surface area contributed by atoms with E-state index in [1.165, 1.54) is 6.20 Å². The quantitative estimate of drug-likeness (QED) is 0.409. The van der Waals surface area contributed by atoms with E-state index in [1.807, 2.05) is 48.5 Å². The Kier molecular flexibility index (Phi) is 6.87. The second-order valence-electron chi connectivity index (χ2n) is 6.57. The van der Waals surface area contributed by atoms with E-state index in [9.17, 15) is 13.2 Å². The fourth-order valence-corrected chi connectivity index (χ4v) is 3.38. The van der Waals surface area contributed by atoms with Gasteiger partial charge in [-0.1, -0.05) is 24.3 Å². The lowest BCUT2D eigenvalue weighted by molar-refractivity contribution is -0.138. The topological polar surface area (TPSA) is 34.6 Å². The molecule has 0 bridgehead atoms. The molecule has 30 heavy (non-hydrogen) atoms. The van der Waals surface area contributed by atoms with Gasteiger partial charge in [0.2, 0.25) is 0 Å². The van der Waals surface area contributed by atoms with E-state index in [2.05, 4.69) is 20.9 Å². The van der Waals surface area contributed by atoms with Crippen molar-refractivity contribution in [1.29, 1.82) is 0 Å². The maximum Gasteiger partial charge on any atom is 0.417 e. The number of benzene rings is 2. The molecule has 3 aromatic rings. The van der Waals surface area contributed by atoms with E-state index in [1.54, 1.807) is 19.1 Å². The van der Waals surface area contributed by atoms with Crippen LogP contribution in [0.15, 0.2) is 65.3 Å². The van der Waals surface area contributed by atoms with Crippen LogP contribution in [0, 0.1) is 0 Å². The molecule has 2 aromatic carbocycles. The number of alkyl halides is 3. The Balaban J connectivity index is 1.95. The van der Waals surface area contributed by atoms with E-state index >= 15 is 0 Å². The molecule has 0 atom stereocenters. The fraction of sp³-hybridized carbons (Fsp3) is 0.227. The van der Waals surface area contributed by atoms with Crippen molar-refractivity contribution in [2.45, 2.75) is 19.3 Å². The van der Waals surface area contributed by atoms with Crippen LogP contribution < -0.4 is 14.4 Å². The Bertz CT molecular complexity index is 928. The highest BCUT2D eigenvalue weighted by Gasteiger charge is 2.34. The highest BCUT2D eigenvalue weighted by Crippen LogP contribution is 2.36. The largest absolute Gasteiger partial charge is 0.497 e. The zero-order valence-electron chi connectivity index (χ0n) is 16.4. The molecule has 0 aliphatic heterocycles. The number of halogens is 4. The first-order valence-corrected chi connectivity index (χ1v) is 9.83. The number of rotatable bonds is 7. The summed E-state index contributed by atoms with van der Waals surface area (Å²) in [7, 11) is 3.16. The molecule has 0 unspecified atom stereocenters. The summed E-state index contributed by atoms with van der Waals surface area (Å²) in [6.45, 7) is 0.754. The fourth-order valence-electron chi connectivity index (χ4n) is 2.94. The minimum Gasteiger partial charge on any atom is -0.497 e. The number of ether oxygens (including phenoxy) is 2. The Hall–Kier alpha value is -2.74. The zero-order valence-corrected chi connectivity index (χ0v) is 18.0. The number of hydrogen-bond acceptors (Lipinski definition) is 4. The van der Waals surface area contributed by atoms with Crippen LogP contribution in [-0.2, 0) is 19.3 Å². The van der Waals surface area contributed by atoms with Gasteiger partial charge in [0.1, 0.15) is 17.3 Å². The molecule has 8 heteroatoms. The van der Waals surface area contributed by atoms with Gasteiger partial charge in [-0.25, -0.2) is 4.98 Å². The Labute approximate surface area is 181 Å². The molecular weight excluding hydrogens is 461 g/mol. The molecule has 3 rings (SSSR count). The van der Waals surface area contributed by atoms with E-state index in [0.29, 0.717) is 24.6 Å². The summed E-state index contributed by atoms with van der Waals surface area (Å²) in [6.07, 6.45) is -3.30. The summed E-state index contributed by atoms with van der Waals surface area (Å²) in [5.74, 6) is 1.65. The lowest BCUT2D eigenvalue weighted by Gasteiger charge is -2.25. The van der Waals surface area contributed by atoms with Gasteiger partial charge in [0.25, 0.3) is 0 Å². The van der Waals surface area contributed by atoms with E-state index in [0.717, 1.165) is 17.2 Å². The maximum absolute atomic E-state index is 13.4. The van der Waals surface area contributed by atoms with Crippen LogP contribution in [-0.4, -0.2) is 19.2 Å². The zero-order chi connectivity index (χ0) is 21.7. The molecule has 0 radical (unpaired) electrons. The lowest BCUT2D eigenvalue weighted by atomic mass is 10.1. The molecule has 0 aliphatic rings. The van der Waals surface area contributed by atoms with Gasteiger partial charge >= 0.3 is 6.18 Å². The first-order chi connectivity index (χ1) is 14.3. The lowest BCUT2D eigenvalue weighted by Crippen LogP contribution is -2.24. The molecule has 0 amide bonds. The van der Waals surface area contributed by atoms with Gasteiger partial charge in [-0.05, 0) is 57.4 Å². The van der Waals surface area contributed by atoms with Crippen LogP contribution in [0.2, 0.25) is 0 Å². The van der Waals surface area contributed by atoms with Gasteiger partial charge in [-0.15, -0.1) is 0 Å². The number of anilines is 1. The SMILES string of the molecule is COc1ccc(CN(Cc2ccc(OC)cc2)c2cc(C(F)(F)F)c(Br)cn2)cc1. The van der Waals surface area contributed by atoms with Crippen LogP contribution in [0.1, 0.15) is 16.7 Å². The number of hydrogen-bond donors (Lipinski definition) is 0. The molecular formula is C22H20BrF3N2O2. The van der Waals surface area contributed by atoms with Gasteiger partial charge in [0, 0.05) is 23.8 Å². The second-order valence-corrected chi connectivity index (χ2v) is 7.43. The number of pyridine rings is 1. The molecule has 0 spiro atoms. The van der Waals surface area contributed by atoms with Crippen LogP contribution in [0.3, 0.4) is 0 Å². The predicted octanol–water partition coefficient (Wildman–Crippen LogP) is 6.09. The predicted molar refractivity (Wildman–Crippen MR) is 113 cm³/mol. The molecule has 0 fully saturated rings. The summed E-state index contributed by atoms with van der Waals surface area (Å²) >= 11 is 2.95. The van der Waals surface area contributed by atoms with Gasteiger partial charge in [-0.3, -0.25) is 0 Å². The molecule has 1 heterocycles. The Morgan fingerprint density at radius 1 is 0.867 bits per heavy atom. The highest BCUT2D eigenvalue weighted by molar-refractivity contribution is 9.10. The summed E-state index contributed by atoms with van der Waals surface area (Å²) in [5, 5.41) is 0. The number of methoxy groups -OCH3 is 2. The maximum atomic E-state index is 13.4. The van der Waals surface area contributed by atoms with Crippen molar-refractivity contribution in [2.75, 3.05) is 19.1 Å². The average molecular weight is 481 g/mol. The van der Waals surface area contributed by atoms with Crippen molar-refractivity contribution in [3.8, 4) is 11.5 Å². The third-order valence-corrected chi connectivity index (χ3v) is 5.17. The second kappa shape index (κ2) is 9.38. The van der Waals surface area contributed by atoms with Crippen molar-refractivity contribution in [3.05, 3.63) is 82.0 Å². The summed E-state index contributed by atoms with van der Waals surface area (Å²) in [5.41, 5.74) is 1.08.